The Balaban J connectivity index is 1.94. The Morgan fingerprint density at radius 3 is 1.73 bits per heavy atom. The van der Waals surface area contributed by atoms with Gasteiger partial charge in [0.2, 0.25) is 0 Å². The highest BCUT2D eigenvalue weighted by Gasteiger charge is 2.13. The molecule has 0 aliphatic carbocycles. The van der Waals surface area contributed by atoms with Crippen LogP contribution in [0.25, 0.3) is 0 Å². The molecule has 0 aromatic heterocycles. The Hall–Kier alpha value is 0.0200. The van der Waals surface area contributed by atoms with E-state index in [-0.39, 0.29) is 0 Å². The quantitative estimate of drug-likeness (QED) is 0.723. The van der Waals surface area contributed by atoms with Crippen molar-refractivity contribution in [2.45, 2.75) is 6.54 Å². The van der Waals surface area contributed by atoms with Gasteiger partial charge in [0.05, 0.1) is 0 Å². The standard InChI is InChI=1S/C15H20F3NS3/c16-13-9-12(10-14(17)15(13)18)11-19-1-3-20-5-7-22-8-6-21-4-2-19/h9-10H,1-8,11H2. The molecule has 0 amide bonds. The Morgan fingerprint density at radius 1 is 0.773 bits per heavy atom. The van der Waals surface area contributed by atoms with Gasteiger partial charge in [-0.25, -0.2) is 13.2 Å². The second-order valence-electron chi connectivity index (χ2n) is 4.99. The zero-order valence-electron chi connectivity index (χ0n) is 12.3. The van der Waals surface area contributed by atoms with Crippen LogP contribution in [0.5, 0.6) is 0 Å². The fourth-order valence-electron chi connectivity index (χ4n) is 2.16. The molecule has 0 spiro atoms. The number of halogens is 3. The highest BCUT2D eigenvalue weighted by atomic mass is 32.2. The smallest absolute Gasteiger partial charge is 0.194 e. The van der Waals surface area contributed by atoms with Crippen LogP contribution in [0.15, 0.2) is 12.1 Å². The zero-order chi connectivity index (χ0) is 15.8. The van der Waals surface area contributed by atoms with Gasteiger partial charge in [-0.05, 0) is 17.7 Å². The molecule has 1 aromatic rings. The van der Waals surface area contributed by atoms with E-state index in [9.17, 15) is 13.2 Å². The van der Waals surface area contributed by atoms with Gasteiger partial charge in [-0.1, -0.05) is 0 Å². The molecule has 1 nitrogen and oxygen atoms in total. The predicted octanol–water partition coefficient (Wildman–Crippen LogP) is 4.12. The summed E-state index contributed by atoms with van der Waals surface area (Å²) >= 11 is 5.83. The summed E-state index contributed by atoms with van der Waals surface area (Å²) in [5, 5.41) is 0. The van der Waals surface area contributed by atoms with Crippen molar-refractivity contribution < 1.29 is 13.2 Å². The van der Waals surface area contributed by atoms with Crippen molar-refractivity contribution in [2.75, 3.05) is 47.6 Å². The van der Waals surface area contributed by atoms with E-state index in [2.05, 4.69) is 4.90 Å². The van der Waals surface area contributed by atoms with E-state index in [4.69, 9.17) is 0 Å². The van der Waals surface area contributed by atoms with Crippen molar-refractivity contribution >= 4 is 35.3 Å². The Bertz CT molecular complexity index is 438. The molecule has 0 N–H and O–H groups in total. The second kappa shape index (κ2) is 10.0. The molecule has 1 fully saturated rings. The number of hydrogen-bond acceptors (Lipinski definition) is 4. The van der Waals surface area contributed by atoms with E-state index in [1.807, 2.05) is 35.3 Å². The van der Waals surface area contributed by atoms with Crippen LogP contribution in [-0.2, 0) is 6.54 Å². The van der Waals surface area contributed by atoms with E-state index in [0.717, 1.165) is 48.2 Å². The van der Waals surface area contributed by atoms with Crippen LogP contribution in [0.2, 0.25) is 0 Å². The molecule has 1 aliphatic rings. The third-order valence-electron chi connectivity index (χ3n) is 3.30. The van der Waals surface area contributed by atoms with Crippen LogP contribution in [0.4, 0.5) is 13.2 Å². The minimum absolute atomic E-state index is 0.462. The van der Waals surface area contributed by atoms with Gasteiger partial charge in [0.25, 0.3) is 0 Å². The van der Waals surface area contributed by atoms with E-state index in [0.29, 0.717) is 12.1 Å². The summed E-state index contributed by atoms with van der Waals surface area (Å²) in [7, 11) is 0. The number of benzene rings is 1. The summed E-state index contributed by atoms with van der Waals surface area (Å²) in [6.07, 6.45) is 0. The molecule has 2 rings (SSSR count). The zero-order valence-corrected chi connectivity index (χ0v) is 14.8. The molecule has 0 saturated carbocycles. The lowest BCUT2D eigenvalue weighted by molar-refractivity contribution is 0.299. The second-order valence-corrected chi connectivity index (χ2v) is 8.66. The molecule has 1 heterocycles. The average Bonchev–Trinajstić information content (AvgIpc) is 2.47. The molecule has 22 heavy (non-hydrogen) atoms. The van der Waals surface area contributed by atoms with Crippen molar-refractivity contribution in [3.05, 3.63) is 35.1 Å². The molecule has 1 aromatic carbocycles. The monoisotopic (exact) mass is 367 g/mol. The minimum atomic E-state index is -1.39. The van der Waals surface area contributed by atoms with Gasteiger partial charge in [0, 0.05) is 54.2 Å². The molecule has 0 unspecified atom stereocenters. The van der Waals surface area contributed by atoms with Crippen LogP contribution in [0.1, 0.15) is 5.56 Å². The molecule has 0 radical (unpaired) electrons. The maximum absolute atomic E-state index is 13.3. The lowest BCUT2D eigenvalue weighted by atomic mass is 10.2. The van der Waals surface area contributed by atoms with E-state index in [1.165, 1.54) is 11.5 Å². The molecule has 1 saturated heterocycles. The minimum Gasteiger partial charge on any atom is -0.297 e. The van der Waals surface area contributed by atoms with Gasteiger partial charge in [-0.15, -0.1) is 0 Å². The summed E-state index contributed by atoms with van der Waals surface area (Å²) in [4.78, 5) is 2.20. The van der Waals surface area contributed by atoms with Crippen LogP contribution in [0.3, 0.4) is 0 Å². The number of thioether (sulfide) groups is 3. The van der Waals surface area contributed by atoms with Crippen molar-refractivity contribution in [3.63, 3.8) is 0 Å². The molecule has 124 valence electrons. The summed E-state index contributed by atoms with van der Waals surface area (Å²) in [6.45, 7) is 2.23. The predicted molar refractivity (Wildman–Crippen MR) is 93.6 cm³/mol. The van der Waals surface area contributed by atoms with Gasteiger partial charge in [-0.2, -0.15) is 35.3 Å². The van der Waals surface area contributed by atoms with Crippen molar-refractivity contribution in [1.29, 1.82) is 0 Å². The number of rotatable bonds is 2. The highest BCUT2D eigenvalue weighted by molar-refractivity contribution is 8.04. The van der Waals surface area contributed by atoms with Gasteiger partial charge in [0.15, 0.2) is 17.5 Å². The third kappa shape index (κ3) is 6.26. The SMILES string of the molecule is Fc1cc(CN2CCSCCSCCSCC2)cc(F)c1F. The largest absolute Gasteiger partial charge is 0.297 e. The molecule has 0 bridgehead atoms. The summed E-state index contributed by atoms with van der Waals surface area (Å²) in [6, 6.07) is 2.21. The molecular weight excluding hydrogens is 347 g/mol. The summed E-state index contributed by atoms with van der Waals surface area (Å²) < 4.78 is 39.6. The Morgan fingerprint density at radius 2 is 1.23 bits per heavy atom. The molecule has 7 heteroatoms. The van der Waals surface area contributed by atoms with Crippen LogP contribution < -0.4 is 0 Å². The lowest BCUT2D eigenvalue weighted by Crippen LogP contribution is -2.28. The first kappa shape index (κ1) is 18.4. The van der Waals surface area contributed by atoms with Crippen molar-refractivity contribution in [2.24, 2.45) is 0 Å². The van der Waals surface area contributed by atoms with Crippen LogP contribution >= 0.6 is 35.3 Å². The highest BCUT2D eigenvalue weighted by Crippen LogP contribution is 2.17. The van der Waals surface area contributed by atoms with Gasteiger partial charge in [-0.3, -0.25) is 4.90 Å². The normalized spacial score (nSPS) is 19.4. The van der Waals surface area contributed by atoms with E-state index >= 15 is 0 Å². The summed E-state index contributed by atoms with van der Waals surface area (Å²) in [5.74, 6) is 3.07. The number of hydrogen-bond donors (Lipinski definition) is 0. The van der Waals surface area contributed by atoms with Gasteiger partial charge < -0.3 is 0 Å². The van der Waals surface area contributed by atoms with Crippen LogP contribution in [-0.4, -0.2) is 52.5 Å². The average molecular weight is 368 g/mol. The van der Waals surface area contributed by atoms with Gasteiger partial charge >= 0.3 is 0 Å². The Labute approximate surface area is 142 Å². The summed E-state index contributed by atoms with van der Waals surface area (Å²) in [5.41, 5.74) is 0.494. The first-order valence-electron chi connectivity index (χ1n) is 7.26. The maximum Gasteiger partial charge on any atom is 0.194 e. The fourth-order valence-corrected chi connectivity index (χ4v) is 5.43. The first-order valence-corrected chi connectivity index (χ1v) is 10.7. The lowest BCUT2D eigenvalue weighted by Gasteiger charge is -2.22. The maximum atomic E-state index is 13.3. The Kier molecular flexibility index (Phi) is 8.35. The molecule has 1 aliphatic heterocycles. The van der Waals surface area contributed by atoms with Crippen molar-refractivity contribution in [1.82, 2.24) is 4.90 Å². The fraction of sp³-hybridized carbons (Fsp3) is 0.600. The van der Waals surface area contributed by atoms with Crippen molar-refractivity contribution in [3.8, 4) is 0 Å². The number of nitrogens with zero attached hydrogens (tertiary/aromatic N) is 1. The topological polar surface area (TPSA) is 3.24 Å². The molecule has 0 atom stereocenters. The van der Waals surface area contributed by atoms with E-state index < -0.39 is 17.5 Å². The van der Waals surface area contributed by atoms with E-state index in [1.54, 1.807) is 0 Å². The van der Waals surface area contributed by atoms with Crippen LogP contribution in [0, 0.1) is 17.5 Å². The van der Waals surface area contributed by atoms with Gasteiger partial charge in [0.1, 0.15) is 0 Å². The first-order chi connectivity index (χ1) is 10.7. The third-order valence-corrected chi connectivity index (χ3v) is 6.73. The molecular formula is C15H20F3NS3.